The van der Waals surface area contributed by atoms with Crippen molar-refractivity contribution in [1.82, 2.24) is 10.6 Å². The molecule has 0 saturated carbocycles. The van der Waals surface area contributed by atoms with Crippen LogP contribution in [0.2, 0.25) is 0 Å². The number of carbonyl (C=O) groups excluding carboxylic acids is 3. The van der Waals surface area contributed by atoms with Gasteiger partial charge in [0.05, 0.1) is 0 Å². The molecular formula is C24H25F3N4O7SSe. The molecule has 0 saturated heterocycles. The predicted octanol–water partition coefficient (Wildman–Crippen LogP) is 0.813. The molecule has 0 heterocycles. The van der Waals surface area contributed by atoms with Gasteiger partial charge in [0.1, 0.15) is 0 Å². The Morgan fingerprint density at radius 3 is 2.25 bits per heavy atom. The molecule has 2 unspecified atom stereocenters. The number of alkyl halides is 3. The van der Waals surface area contributed by atoms with Gasteiger partial charge in [0.2, 0.25) is 0 Å². The van der Waals surface area contributed by atoms with Crippen LogP contribution in [0.15, 0.2) is 48.5 Å². The molecule has 2 aromatic carbocycles. The fourth-order valence-electron chi connectivity index (χ4n) is 2.98. The third-order valence-corrected chi connectivity index (χ3v) is 9.29. The fourth-order valence-corrected chi connectivity index (χ4v) is 7.19. The van der Waals surface area contributed by atoms with Gasteiger partial charge in [0.25, 0.3) is 0 Å². The summed E-state index contributed by atoms with van der Waals surface area (Å²) >= 11 is -0.490. The number of amides is 3. The van der Waals surface area contributed by atoms with E-state index >= 15 is 0 Å². The van der Waals surface area contributed by atoms with Crippen molar-refractivity contribution >= 4 is 63.8 Å². The molecule has 16 heteroatoms. The Balaban J connectivity index is 2.05. The zero-order valence-electron chi connectivity index (χ0n) is 20.6. The van der Waals surface area contributed by atoms with Crippen LogP contribution in [-0.2, 0) is 25.4 Å². The van der Waals surface area contributed by atoms with Gasteiger partial charge in [0, 0.05) is 0 Å². The van der Waals surface area contributed by atoms with E-state index < -0.39 is 73.9 Å². The molecule has 0 aliphatic carbocycles. The SMILES string of the molecule is NC(CCC(=O)NC(CS[Se]c1ccccc1C(=O)Nc1ccc(C(F)(F)F)cc1)C(=O)NCC(=O)O)C(=O)O. The number of benzene rings is 2. The van der Waals surface area contributed by atoms with Crippen LogP contribution in [0.5, 0.6) is 0 Å². The minimum absolute atomic E-state index is 0.00294. The van der Waals surface area contributed by atoms with E-state index in [9.17, 15) is 37.1 Å². The van der Waals surface area contributed by atoms with E-state index in [2.05, 4.69) is 16.0 Å². The number of carboxylic acids is 2. The van der Waals surface area contributed by atoms with Crippen molar-refractivity contribution < 1.29 is 47.4 Å². The monoisotopic (exact) mass is 650 g/mol. The number of hydrogen-bond acceptors (Lipinski definition) is 7. The second-order valence-electron chi connectivity index (χ2n) is 8.11. The molecule has 3 amide bonds. The van der Waals surface area contributed by atoms with Crippen LogP contribution in [0.4, 0.5) is 18.9 Å². The molecule has 0 aromatic heterocycles. The Hall–Kier alpha value is -3.59. The quantitative estimate of drug-likeness (QED) is 0.161. The molecule has 0 aliphatic heterocycles. The van der Waals surface area contributed by atoms with Crippen molar-refractivity contribution in [2.75, 3.05) is 17.6 Å². The molecule has 0 radical (unpaired) electrons. The van der Waals surface area contributed by atoms with Crippen LogP contribution in [-0.4, -0.2) is 78.1 Å². The molecule has 0 spiro atoms. The Kier molecular flexibility index (Phi) is 12.4. The Bertz CT molecular complexity index is 1230. The molecule has 0 bridgehead atoms. The van der Waals surface area contributed by atoms with Crippen LogP contribution >= 0.6 is 10.2 Å². The number of nitrogens with one attached hydrogen (secondary N) is 3. The topological polar surface area (TPSA) is 188 Å². The summed E-state index contributed by atoms with van der Waals surface area (Å²) in [4.78, 5) is 59.3. The first kappa shape index (κ1) is 32.6. The van der Waals surface area contributed by atoms with Gasteiger partial charge in [0.15, 0.2) is 0 Å². The van der Waals surface area contributed by atoms with Crippen LogP contribution in [0.25, 0.3) is 0 Å². The maximum absolute atomic E-state index is 12.8. The van der Waals surface area contributed by atoms with Gasteiger partial charge in [-0.15, -0.1) is 0 Å². The minimum atomic E-state index is -4.51. The number of carbonyl (C=O) groups is 5. The number of carboxylic acid groups (broad SMARTS) is 2. The van der Waals surface area contributed by atoms with Gasteiger partial charge < -0.3 is 0 Å². The van der Waals surface area contributed by atoms with Gasteiger partial charge in [-0.05, 0) is 0 Å². The molecule has 2 rings (SSSR count). The number of hydrogen-bond donors (Lipinski definition) is 6. The van der Waals surface area contributed by atoms with Crippen LogP contribution in [0, 0.1) is 0 Å². The van der Waals surface area contributed by atoms with Gasteiger partial charge >= 0.3 is 236 Å². The summed E-state index contributed by atoms with van der Waals surface area (Å²) in [7, 11) is 1.21. The standard InChI is InChI=1S/C24H25F3N4O7SSe/c25-24(26,27)13-5-7-14(8-6-13)30-21(35)15-3-1-2-4-18(15)40-39-12-17(22(36)29-11-20(33)34)31-19(32)10-9-16(28)23(37)38/h1-8,16-17H,9-12,28H2,(H,29,36)(H,30,35)(H,31,32)(H,33,34)(H,37,38). The summed E-state index contributed by atoms with van der Waals surface area (Å²) in [6, 6.07) is 8.02. The first-order valence-corrected chi connectivity index (χ1v) is 15.3. The maximum atomic E-state index is 12.8. The van der Waals surface area contributed by atoms with Crippen LogP contribution in [0.1, 0.15) is 28.8 Å². The molecular weight excluding hydrogens is 624 g/mol. The number of rotatable bonds is 14. The van der Waals surface area contributed by atoms with Crippen LogP contribution in [0.3, 0.4) is 0 Å². The molecule has 40 heavy (non-hydrogen) atoms. The van der Waals surface area contributed by atoms with Crippen molar-refractivity contribution in [2.24, 2.45) is 5.73 Å². The molecule has 0 aliphatic rings. The van der Waals surface area contributed by atoms with Crippen molar-refractivity contribution in [3.8, 4) is 0 Å². The van der Waals surface area contributed by atoms with Gasteiger partial charge in [-0.2, -0.15) is 0 Å². The van der Waals surface area contributed by atoms with E-state index in [0.717, 1.165) is 24.3 Å². The Morgan fingerprint density at radius 1 is 1.00 bits per heavy atom. The molecule has 0 fully saturated rings. The van der Waals surface area contributed by atoms with Crippen molar-refractivity contribution in [3.05, 3.63) is 59.7 Å². The third kappa shape index (κ3) is 10.9. The fraction of sp³-hybridized carbons (Fsp3) is 0.292. The van der Waals surface area contributed by atoms with Crippen molar-refractivity contribution in [3.63, 3.8) is 0 Å². The average Bonchev–Trinajstić information content (AvgIpc) is 2.89. The first-order chi connectivity index (χ1) is 18.8. The number of aliphatic carboxylic acids is 2. The van der Waals surface area contributed by atoms with E-state index in [1.807, 2.05) is 0 Å². The number of anilines is 1. The first-order valence-electron chi connectivity index (χ1n) is 11.4. The molecule has 2 atom stereocenters. The normalized spacial score (nSPS) is 12.6. The number of nitrogens with two attached hydrogens (primary N) is 1. The Labute approximate surface area is 235 Å². The number of halogens is 3. The van der Waals surface area contributed by atoms with E-state index in [-0.39, 0.29) is 29.8 Å². The summed E-state index contributed by atoms with van der Waals surface area (Å²) in [6.07, 6.45) is -4.97. The van der Waals surface area contributed by atoms with E-state index in [1.54, 1.807) is 18.2 Å². The van der Waals surface area contributed by atoms with E-state index in [0.29, 0.717) is 4.46 Å². The average molecular weight is 650 g/mol. The molecule has 11 nitrogen and oxygen atoms in total. The van der Waals surface area contributed by atoms with Gasteiger partial charge in [-0.1, -0.05) is 0 Å². The molecule has 216 valence electrons. The molecule has 7 N–H and O–H groups in total. The van der Waals surface area contributed by atoms with E-state index in [1.165, 1.54) is 16.2 Å². The summed E-state index contributed by atoms with van der Waals surface area (Å²) in [5.74, 6) is -4.57. The van der Waals surface area contributed by atoms with Crippen molar-refractivity contribution in [2.45, 2.75) is 31.1 Å². The van der Waals surface area contributed by atoms with E-state index in [4.69, 9.17) is 15.9 Å². The second-order valence-corrected chi connectivity index (χ2v) is 12.3. The summed E-state index contributed by atoms with van der Waals surface area (Å²) in [5, 5.41) is 24.8. The summed E-state index contributed by atoms with van der Waals surface area (Å²) in [5.41, 5.74) is 4.95. The zero-order valence-corrected chi connectivity index (χ0v) is 23.1. The van der Waals surface area contributed by atoms with Gasteiger partial charge in [-0.3, -0.25) is 0 Å². The zero-order chi connectivity index (χ0) is 29.9. The van der Waals surface area contributed by atoms with Crippen LogP contribution < -0.4 is 26.1 Å². The molecule has 2 aromatic rings. The Morgan fingerprint density at radius 2 is 1.65 bits per heavy atom. The van der Waals surface area contributed by atoms with Gasteiger partial charge in [-0.25, -0.2) is 0 Å². The predicted molar refractivity (Wildman–Crippen MR) is 141 cm³/mol. The second kappa shape index (κ2) is 15.3. The summed E-state index contributed by atoms with van der Waals surface area (Å²) < 4.78 is 38.9. The summed E-state index contributed by atoms with van der Waals surface area (Å²) in [6.45, 7) is -0.683. The third-order valence-electron chi connectivity index (χ3n) is 5.05. The van der Waals surface area contributed by atoms with Crippen molar-refractivity contribution in [1.29, 1.82) is 0 Å².